The highest BCUT2D eigenvalue weighted by molar-refractivity contribution is 5.98. The SMILES string of the molecule is Cc1ccc(C(=O)C2CCCC2C)cc1. The fourth-order valence-corrected chi connectivity index (χ4v) is 2.47. The molecular formula is C14H18O. The van der Waals surface area contributed by atoms with E-state index in [1.807, 2.05) is 31.2 Å². The Morgan fingerprint density at radius 2 is 1.87 bits per heavy atom. The van der Waals surface area contributed by atoms with Gasteiger partial charge in [-0.05, 0) is 25.7 Å². The molecule has 0 amide bonds. The summed E-state index contributed by atoms with van der Waals surface area (Å²) in [5, 5.41) is 0. The number of carbonyl (C=O) groups is 1. The lowest BCUT2D eigenvalue weighted by molar-refractivity contribution is 0.0897. The zero-order valence-corrected chi connectivity index (χ0v) is 9.49. The van der Waals surface area contributed by atoms with E-state index in [1.54, 1.807) is 0 Å². The van der Waals surface area contributed by atoms with Gasteiger partial charge in [0.15, 0.2) is 5.78 Å². The van der Waals surface area contributed by atoms with Gasteiger partial charge in [0.1, 0.15) is 0 Å². The molecule has 1 aliphatic rings. The molecule has 0 heterocycles. The molecule has 1 aromatic rings. The Morgan fingerprint density at radius 1 is 1.20 bits per heavy atom. The number of aryl methyl sites for hydroxylation is 1. The summed E-state index contributed by atoms with van der Waals surface area (Å²) in [6.45, 7) is 4.25. The number of benzene rings is 1. The fourth-order valence-electron chi connectivity index (χ4n) is 2.47. The highest BCUT2D eigenvalue weighted by atomic mass is 16.1. The first-order valence-corrected chi connectivity index (χ1v) is 5.79. The Labute approximate surface area is 91.5 Å². The molecule has 0 N–H and O–H groups in total. The van der Waals surface area contributed by atoms with E-state index in [0.29, 0.717) is 11.7 Å². The van der Waals surface area contributed by atoms with Gasteiger partial charge in [0, 0.05) is 11.5 Å². The predicted octanol–water partition coefficient (Wildman–Crippen LogP) is 3.61. The zero-order chi connectivity index (χ0) is 10.8. The van der Waals surface area contributed by atoms with Crippen LogP contribution < -0.4 is 0 Å². The minimum atomic E-state index is 0.271. The number of rotatable bonds is 2. The minimum absolute atomic E-state index is 0.271. The first-order valence-electron chi connectivity index (χ1n) is 5.79. The van der Waals surface area contributed by atoms with Crippen LogP contribution >= 0.6 is 0 Å². The topological polar surface area (TPSA) is 17.1 Å². The largest absolute Gasteiger partial charge is 0.294 e. The third-order valence-electron chi connectivity index (χ3n) is 3.53. The molecule has 1 saturated carbocycles. The summed E-state index contributed by atoms with van der Waals surface area (Å²) in [5.74, 6) is 1.19. The molecular weight excluding hydrogens is 184 g/mol. The van der Waals surface area contributed by atoms with Crippen molar-refractivity contribution in [3.05, 3.63) is 35.4 Å². The average molecular weight is 202 g/mol. The average Bonchev–Trinajstić information content (AvgIpc) is 2.65. The summed E-state index contributed by atoms with van der Waals surface area (Å²) in [4.78, 5) is 12.2. The molecule has 2 rings (SSSR count). The summed E-state index contributed by atoms with van der Waals surface area (Å²) in [7, 11) is 0. The Balaban J connectivity index is 2.17. The highest BCUT2D eigenvalue weighted by Gasteiger charge is 2.29. The zero-order valence-electron chi connectivity index (χ0n) is 9.49. The molecule has 15 heavy (non-hydrogen) atoms. The molecule has 2 unspecified atom stereocenters. The van der Waals surface area contributed by atoms with Crippen LogP contribution in [0.4, 0.5) is 0 Å². The molecule has 0 aromatic heterocycles. The number of carbonyl (C=O) groups excluding carboxylic acids is 1. The first kappa shape index (κ1) is 10.4. The monoisotopic (exact) mass is 202 g/mol. The smallest absolute Gasteiger partial charge is 0.166 e. The van der Waals surface area contributed by atoms with Gasteiger partial charge in [-0.25, -0.2) is 0 Å². The molecule has 2 atom stereocenters. The minimum Gasteiger partial charge on any atom is -0.294 e. The van der Waals surface area contributed by atoms with Gasteiger partial charge in [-0.1, -0.05) is 43.2 Å². The molecule has 0 saturated heterocycles. The number of hydrogen-bond acceptors (Lipinski definition) is 1. The maximum atomic E-state index is 12.2. The Morgan fingerprint density at radius 3 is 2.40 bits per heavy atom. The van der Waals surface area contributed by atoms with E-state index >= 15 is 0 Å². The Bertz CT molecular complexity index is 350. The van der Waals surface area contributed by atoms with Crippen molar-refractivity contribution >= 4 is 5.78 Å². The summed E-state index contributed by atoms with van der Waals surface area (Å²) in [6, 6.07) is 7.96. The van der Waals surface area contributed by atoms with Crippen molar-refractivity contribution in [2.24, 2.45) is 11.8 Å². The number of ketones is 1. The standard InChI is InChI=1S/C14H18O/c1-10-6-8-12(9-7-10)14(15)13-5-3-4-11(13)2/h6-9,11,13H,3-5H2,1-2H3. The van der Waals surface area contributed by atoms with E-state index < -0.39 is 0 Å². The van der Waals surface area contributed by atoms with Gasteiger partial charge in [-0.15, -0.1) is 0 Å². The third-order valence-corrected chi connectivity index (χ3v) is 3.53. The van der Waals surface area contributed by atoms with Gasteiger partial charge in [0.05, 0.1) is 0 Å². The summed E-state index contributed by atoms with van der Waals surface area (Å²) >= 11 is 0. The summed E-state index contributed by atoms with van der Waals surface area (Å²) in [5.41, 5.74) is 2.10. The maximum absolute atomic E-state index is 12.2. The van der Waals surface area contributed by atoms with Crippen LogP contribution in [-0.4, -0.2) is 5.78 Å². The van der Waals surface area contributed by atoms with Crippen LogP contribution in [-0.2, 0) is 0 Å². The molecule has 80 valence electrons. The molecule has 0 radical (unpaired) electrons. The van der Waals surface area contributed by atoms with E-state index in [-0.39, 0.29) is 5.92 Å². The van der Waals surface area contributed by atoms with Crippen molar-refractivity contribution in [2.45, 2.75) is 33.1 Å². The predicted molar refractivity (Wildman–Crippen MR) is 62.0 cm³/mol. The lowest BCUT2D eigenvalue weighted by Crippen LogP contribution is -2.17. The molecule has 1 fully saturated rings. The number of hydrogen-bond donors (Lipinski definition) is 0. The molecule has 1 aromatic carbocycles. The molecule has 0 aliphatic heterocycles. The molecule has 1 aliphatic carbocycles. The van der Waals surface area contributed by atoms with Crippen LogP contribution in [0.15, 0.2) is 24.3 Å². The second-order valence-electron chi connectivity index (χ2n) is 4.74. The van der Waals surface area contributed by atoms with E-state index in [9.17, 15) is 4.79 Å². The number of Topliss-reactive ketones (excluding diaryl/α,β-unsaturated/α-hetero) is 1. The van der Waals surface area contributed by atoms with E-state index in [0.717, 1.165) is 12.0 Å². The molecule has 0 spiro atoms. The molecule has 0 bridgehead atoms. The second-order valence-corrected chi connectivity index (χ2v) is 4.74. The quantitative estimate of drug-likeness (QED) is 0.669. The van der Waals surface area contributed by atoms with Gasteiger partial charge >= 0.3 is 0 Å². The molecule has 1 heteroatoms. The van der Waals surface area contributed by atoms with Crippen LogP contribution in [0.1, 0.15) is 42.1 Å². The van der Waals surface area contributed by atoms with E-state index in [4.69, 9.17) is 0 Å². The van der Waals surface area contributed by atoms with Crippen molar-refractivity contribution in [1.29, 1.82) is 0 Å². The summed E-state index contributed by atoms with van der Waals surface area (Å²) in [6.07, 6.45) is 3.50. The lowest BCUT2D eigenvalue weighted by atomic mass is 9.89. The van der Waals surface area contributed by atoms with Gasteiger partial charge in [-0.3, -0.25) is 4.79 Å². The Hall–Kier alpha value is -1.11. The van der Waals surface area contributed by atoms with Crippen LogP contribution in [0, 0.1) is 18.8 Å². The molecule has 1 nitrogen and oxygen atoms in total. The van der Waals surface area contributed by atoms with Gasteiger partial charge in [0.25, 0.3) is 0 Å². The van der Waals surface area contributed by atoms with Gasteiger partial charge < -0.3 is 0 Å². The van der Waals surface area contributed by atoms with Crippen LogP contribution in [0.2, 0.25) is 0 Å². The third kappa shape index (κ3) is 2.11. The van der Waals surface area contributed by atoms with Crippen molar-refractivity contribution in [1.82, 2.24) is 0 Å². The van der Waals surface area contributed by atoms with Crippen molar-refractivity contribution < 1.29 is 4.79 Å². The van der Waals surface area contributed by atoms with Gasteiger partial charge in [0.2, 0.25) is 0 Å². The second kappa shape index (κ2) is 4.18. The highest BCUT2D eigenvalue weighted by Crippen LogP contribution is 2.33. The lowest BCUT2D eigenvalue weighted by Gasteiger charge is -2.13. The van der Waals surface area contributed by atoms with E-state index in [2.05, 4.69) is 6.92 Å². The van der Waals surface area contributed by atoms with Crippen molar-refractivity contribution in [3.63, 3.8) is 0 Å². The Kier molecular flexibility index (Phi) is 2.90. The van der Waals surface area contributed by atoms with Crippen LogP contribution in [0.25, 0.3) is 0 Å². The summed E-state index contributed by atoms with van der Waals surface area (Å²) < 4.78 is 0. The van der Waals surface area contributed by atoms with Crippen LogP contribution in [0.3, 0.4) is 0 Å². The fraction of sp³-hybridized carbons (Fsp3) is 0.500. The maximum Gasteiger partial charge on any atom is 0.166 e. The van der Waals surface area contributed by atoms with Gasteiger partial charge in [-0.2, -0.15) is 0 Å². The van der Waals surface area contributed by atoms with Crippen molar-refractivity contribution in [2.75, 3.05) is 0 Å². The van der Waals surface area contributed by atoms with Crippen molar-refractivity contribution in [3.8, 4) is 0 Å². The van der Waals surface area contributed by atoms with E-state index in [1.165, 1.54) is 18.4 Å². The first-order chi connectivity index (χ1) is 7.18. The van der Waals surface area contributed by atoms with Crippen LogP contribution in [0.5, 0.6) is 0 Å². The normalized spacial score (nSPS) is 25.5.